The fourth-order valence-corrected chi connectivity index (χ4v) is 4.05. The highest BCUT2D eigenvalue weighted by Gasteiger charge is 2.12. The number of nitrogens with one attached hydrogen (secondary N) is 2. The number of guanidine groups is 1. The third-order valence-corrected chi connectivity index (χ3v) is 5.75. The lowest BCUT2D eigenvalue weighted by Gasteiger charge is -2.16. The van der Waals surface area contributed by atoms with E-state index in [-0.39, 0.29) is 6.04 Å². The van der Waals surface area contributed by atoms with Crippen LogP contribution in [0.1, 0.15) is 25.1 Å². The molecule has 0 saturated heterocycles. The van der Waals surface area contributed by atoms with Crippen LogP contribution >= 0.6 is 23.1 Å². The zero-order valence-electron chi connectivity index (χ0n) is 14.4. The molecule has 2 heterocycles. The summed E-state index contributed by atoms with van der Waals surface area (Å²) < 4.78 is 7.03. The van der Waals surface area contributed by atoms with Gasteiger partial charge in [-0.25, -0.2) is 4.98 Å². The van der Waals surface area contributed by atoms with Crippen molar-refractivity contribution >= 4 is 40.0 Å². The minimum atomic E-state index is 0.0447. The second-order valence-electron chi connectivity index (χ2n) is 5.55. The van der Waals surface area contributed by atoms with Gasteiger partial charge < -0.3 is 15.1 Å². The molecule has 7 heteroatoms. The molecular weight excluding hydrogens is 352 g/mol. The summed E-state index contributed by atoms with van der Waals surface area (Å²) in [6, 6.07) is 10.2. The molecule has 1 unspecified atom stereocenters. The van der Waals surface area contributed by atoms with E-state index in [1.54, 1.807) is 30.1 Å². The molecule has 0 radical (unpaired) electrons. The summed E-state index contributed by atoms with van der Waals surface area (Å²) in [6.45, 7) is 2.94. The van der Waals surface area contributed by atoms with Crippen molar-refractivity contribution in [3.8, 4) is 0 Å². The average Bonchev–Trinajstić information content (AvgIpc) is 3.29. The quantitative estimate of drug-likeness (QED) is 0.279. The van der Waals surface area contributed by atoms with Gasteiger partial charge in [-0.15, -0.1) is 11.3 Å². The number of para-hydroxylation sites is 1. The number of thioether (sulfide) groups is 1. The van der Waals surface area contributed by atoms with E-state index in [0.717, 1.165) is 45.7 Å². The first-order chi connectivity index (χ1) is 12.3. The van der Waals surface area contributed by atoms with E-state index in [2.05, 4.69) is 39.7 Å². The molecule has 2 aromatic heterocycles. The fourth-order valence-electron chi connectivity index (χ4n) is 2.41. The van der Waals surface area contributed by atoms with E-state index < -0.39 is 0 Å². The van der Waals surface area contributed by atoms with Crippen molar-refractivity contribution in [3.63, 3.8) is 0 Å². The highest BCUT2D eigenvalue weighted by atomic mass is 32.2. The Morgan fingerprint density at radius 1 is 1.40 bits per heavy atom. The summed E-state index contributed by atoms with van der Waals surface area (Å²) in [5.41, 5.74) is 0.910. The monoisotopic (exact) mass is 374 g/mol. The maximum absolute atomic E-state index is 5.91. The molecule has 5 nitrogen and oxygen atoms in total. The van der Waals surface area contributed by atoms with Crippen LogP contribution in [0.4, 0.5) is 0 Å². The summed E-state index contributed by atoms with van der Waals surface area (Å²) in [5.74, 6) is 2.73. The van der Waals surface area contributed by atoms with E-state index in [0.29, 0.717) is 0 Å². The van der Waals surface area contributed by atoms with Gasteiger partial charge in [0.2, 0.25) is 0 Å². The Hall–Kier alpha value is -1.99. The Bertz CT molecular complexity index is 780. The molecule has 0 fully saturated rings. The molecule has 132 valence electrons. The Morgan fingerprint density at radius 2 is 2.28 bits per heavy atom. The maximum Gasteiger partial charge on any atom is 0.191 e. The molecule has 0 aliphatic heterocycles. The van der Waals surface area contributed by atoms with Gasteiger partial charge in [-0.1, -0.05) is 30.0 Å². The molecule has 3 rings (SSSR count). The average molecular weight is 375 g/mol. The maximum atomic E-state index is 5.91. The van der Waals surface area contributed by atoms with Crippen LogP contribution in [0.2, 0.25) is 0 Å². The van der Waals surface area contributed by atoms with Crippen molar-refractivity contribution in [2.45, 2.75) is 23.7 Å². The second-order valence-corrected chi connectivity index (χ2v) is 7.79. The van der Waals surface area contributed by atoms with Gasteiger partial charge in [-0.05, 0) is 25.5 Å². The predicted molar refractivity (Wildman–Crippen MR) is 107 cm³/mol. The van der Waals surface area contributed by atoms with Crippen LogP contribution in [0, 0.1) is 0 Å². The lowest BCUT2D eigenvalue weighted by Crippen LogP contribution is -2.39. The first-order valence-electron chi connectivity index (χ1n) is 8.24. The molecule has 0 amide bonds. The van der Waals surface area contributed by atoms with Crippen LogP contribution in [-0.2, 0) is 0 Å². The fraction of sp³-hybridized carbons (Fsp3) is 0.333. The molecule has 1 atom stereocenters. The summed E-state index contributed by atoms with van der Waals surface area (Å²) in [5, 5.41) is 9.85. The van der Waals surface area contributed by atoms with Gasteiger partial charge in [-0.2, -0.15) is 0 Å². The Balaban J connectivity index is 1.44. The SMILES string of the molecule is CN=C(NCCCSc1nccs1)NC(C)c1cc2ccccc2o1. The molecule has 25 heavy (non-hydrogen) atoms. The van der Waals surface area contributed by atoms with E-state index in [1.165, 1.54) is 0 Å². The van der Waals surface area contributed by atoms with Crippen LogP contribution in [0.15, 0.2) is 55.7 Å². The topological polar surface area (TPSA) is 62.5 Å². The van der Waals surface area contributed by atoms with Crippen molar-refractivity contribution in [2.75, 3.05) is 19.3 Å². The third-order valence-electron chi connectivity index (χ3n) is 3.70. The number of thiazole rings is 1. The Labute approximate surface area is 155 Å². The number of fused-ring (bicyclic) bond motifs is 1. The van der Waals surface area contributed by atoms with Crippen LogP contribution in [0.25, 0.3) is 11.0 Å². The zero-order chi connectivity index (χ0) is 17.5. The van der Waals surface area contributed by atoms with Crippen molar-refractivity contribution < 1.29 is 4.42 Å². The number of benzene rings is 1. The molecule has 0 aliphatic rings. The van der Waals surface area contributed by atoms with Crippen molar-refractivity contribution in [1.82, 2.24) is 15.6 Å². The summed E-state index contributed by atoms with van der Waals surface area (Å²) in [7, 11) is 1.78. The molecule has 0 saturated carbocycles. The molecule has 3 aromatic rings. The van der Waals surface area contributed by atoms with E-state index in [1.807, 2.05) is 29.8 Å². The van der Waals surface area contributed by atoms with Gasteiger partial charge in [0.15, 0.2) is 5.96 Å². The van der Waals surface area contributed by atoms with Crippen LogP contribution in [0.5, 0.6) is 0 Å². The van der Waals surface area contributed by atoms with E-state index in [9.17, 15) is 0 Å². The third kappa shape index (κ3) is 4.99. The van der Waals surface area contributed by atoms with Crippen LogP contribution in [-0.4, -0.2) is 30.3 Å². The lowest BCUT2D eigenvalue weighted by atomic mass is 10.2. The molecule has 0 bridgehead atoms. The number of hydrogen-bond acceptors (Lipinski definition) is 5. The highest BCUT2D eigenvalue weighted by molar-refractivity contribution is 8.00. The molecular formula is C18H22N4OS2. The first kappa shape index (κ1) is 17.8. The summed E-state index contributed by atoms with van der Waals surface area (Å²) >= 11 is 3.48. The normalized spacial score (nSPS) is 13.1. The standard InChI is InChI=1S/C18H22N4OS2/c1-13(16-12-14-6-3-4-7-15(14)23-16)22-17(19-2)20-8-5-10-24-18-21-9-11-25-18/h3-4,6-7,9,11-13H,5,8,10H2,1-2H3,(H2,19,20,22). The minimum absolute atomic E-state index is 0.0447. The van der Waals surface area contributed by atoms with Crippen molar-refractivity contribution in [3.05, 3.63) is 47.7 Å². The lowest BCUT2D eigenvalue weighted by molar-refractivity contribution is 0.488. The van der Waals surface area contributed by atoms with Crippen molar-refractivity contribution in [2.24, 2.45) is 4.99 Å². The largest absolute Gasteiger partial charge is 0.459 e. The molecule has 2 N–H and O–H groups in total. The van der Waals surface area contributed by atoms with E-state index in [4.69, 9.17) is 4.42 Å². The van der Waals surface area contributed by atoms with Gasteiger partial charge >= 0.3 is 0 Å². The number of hydrogen-bond donors (Lipinski definition) is 2. The number of furan rings is 1. The molecule has 0 spiro atoms. The smallest absolute Gasteiger partial charge is 0.191 e. The number of nitrogens with zero attached hydrogens (tertiary/aromatic N) is 2. The predicted octanol–water partition coefficient (Wildman–Crippen LogP) is 4.30. The Morgan fingerprint density at radius 3 is 3.04 bits per heavy atom. The molecule has 0 aliphatic carbocycles. The van der Waals surface area contributed by atoms with E-state index >= 15 is 0 Å². The first-order valence-corrected chi connectivity index (χ1v) is 10.1. The number of rotatable bonds is 7. The van der Waals surface area contributed by atoms with Gasteiger partial charge in [0, 0.05) is 36.3 Å². The van der Waals surface area contributed by atoms with Crippen LogP contribution < -0.4 is 10.6 Å². The molecule has 1 aromatic carbocycles. The summed E-state index contributed by atoms with van der Waals surface area (Å²) in [4.78, 5) is 8.56. The number of aliphatic imine (C=N–C) groups is 1. The summed E-state index contributed by atoms with van der Waals surface area (Å²) in [6.07, 6.45) is 2.89. The minimum Gasteiger partial charge on any atom is -0.459 e. The van der Waals surface area contributed by atoms with Crippen molar-refractivity contribution in [1.29, 1.82) is 0 Å². The zero-order valence-corrected chi connectivity index (χ0v) is 16.0. The highest BCUT2D eigenvalue weighted by Crippen LogP contribution is 2.23. The second kappa shape index (κ2) is 8.92. The van der Waals surface area contributed by atoms with Gasteiger partial charge in [0.25, 0.3) is 0 Å². The van der Waals surface area contributed by atoms with Crippen LogP contribution in [0.3, 0.4) is 0 Å². The van der Waals surface area contributed by atoms with Gasteiger partial charge in [-0.3, -0.25) is 4.99 Å². The van der Waals surface area contributed by atoms with Gasteiger partial charge in [0.1, 0.15) is 15.7 Å². The van der Waals surface area contributed by atoms with Gasteiger partial charge in [0.05, 0.1) is 6.04 Å². The number of aromatic nitrogens is 1. The Kier molecular flexibility index (Phi) is 6.36.